The summed E-state index contributed by atoms with van der Waals surface area (Å²) in [6.07, 6.45) is 2.55. The molecule has 1 unspecified atom stereocenters. The number of nitrogens with zero attached hydrogens (tertiary/aromatic N) is 1. The van der Waals surface area contributed by atoms with Gasteiger partial charge < -0.3 is 4.74 Å². The smallest absolute Gasteiger partial charge is 0.127 e. The fourth-order valence-corrected chi connectivity index (χ4v) is 2.83. The van der Waals surface area contributed by atoms with Gasteiger partial charge in [0.1, 0.15) is 11.5 Å². The van der Waals surface area contributed by atoms with Crippen molar-refractivity contribution in [3.63, 3.8) is 0 Å². The molecule has 0 aromatic heterocycles. The molecule has 104 valence electrons. The minimum atomic E-state index is 0.573. The SMILES string of the molecule is Cc1ccc(Oc2ccc(C3CCCN3C)cc2)cc1. The van der Waals surface area contributed by atoms with Crippen LogP contribution in [0.1, 0.15) is 30.0 Å². The topological polar surface area (TPSA) is 12.5 Å². The van der Waals surface area contributed by atoms with E-state index in [4.69, 9.17) is 4.74 Å². The standard InChI is InChI=1S/C18H21NO/c1-14-5-9-16(10-6-14)20-17-11-7-15(8-12-17)18-4-3-13-19(18)2/h5-12,18H,3-4,13H2,1-2H3. The molecule has 0 aliphatic carbocycles. The normalized spacial score (nSPS) is 19.2. The maximum absolute atomic E-state index is 5.86. The highest BCUT2D eigenvalue weighted by Crippen LogP contribution is 2.31. The zero-order valence-electron chi connectivity index (χ0n) is 12.2. The van der Waals surface area contributed by atoms with E-state index in [1.54, 1.807) is 0 Å². The van der Waals surface area contributed by atoms with Gasteiger partial charge in [-0.25, -0.2) is 0 Å². The number of benzene rings is 2. The molecule has 3 rings (SSSR count). The molecule has 1 aliphatic heterocycles. The van der Waals surface area contributed by atoms with Crippen molar-refractivity contribution >= 4 is 0 Å². The molecular weight excluding hydrogens is 246 g/mol. The Bertz CT molecular complexity index is 559. The first-order chi connectivity index (χ1) is 9.72. The lowest BCUT2D eigenvalue weighted by molar-refractivity contribution is 0.317. The third-order valence-corrected chi connectivity index (χ3v) is 4.04. The van der Waals surface area contributed by atoms with Crippen LogP contribution in [0.15, 0.2) is 48.5 Å². The molecule has 1 saturated heterocycles. The first-order valence-electron chi connectivity index (χ1n) is 7.27. The number of rotatable bonds is 3. The van der Waals surface area contributed by atoms with Crippen LogP contribution < -0.4 is 4.74 Å². The molecule has 0 radical (unpaired) electrons. The molecule has 2 heteroatoms. The Hall–Kier alpha value is -1.80. The summed E-state index contributed by atoms with van der Waals surface area (Å²) < 4.78 is 5.86. The average Bonchev–Trinajstić information content (AvgIpc) is 2.89. The largest absolute Gasteiger partial charge is 0.457 e. The quantitative estimate of drug-likeness (QED) is 0.808. The van der Waals surface area contributed by atoms with Crippen LogP contribution in [-0.4, -0.2) is 18.5 Å². The van der Waals surface area contributed by atoms with Gasteiger partial charge in [-0.15, -0.1) is 0 Å². The highest BCUT2D eigenvalue weighted by atomic mass is 16.5. The van der Waals surface area contributed by atoms with Crippen molar-refractivity contribution in [1.82, 2.24) is 4.90 Å². The van der Waals surface area contributed by atoms with Crippen LogP contribution >= 0.6 is 0 Å². The van der Waals surface area contributed by atoms with E-state index < -0.39 is 0 Å². The molecule has 2 aromatic carbocycles. The van der Waals surface area contributed by atoms with Crippen LogP contribution in [-0.2, 0) is 0 Å². The fourth-order valence-electron chi connectivity index (χ4n) is 2.83. The highest BCUT2D eigenvalue weighted by Gasteiger charge is 2.22. The van der Waals surface area contributed by atoms with Gasteiger partial charge in [-0.3, -0.25) is 4.90 Å². The lowest BCUT2D eigenvalue weighted by atomic mass is 10.0. The summed E-state index contributed by atoms with van der Waals surface area (Å²) in [4.78, 5) is 2.43. The molecule has 0 bridgehead atoms. The van der Waals surface area contributed by atoms with Crippen molar-refractivity contribution in [3.8, 4) is 11.5 Å². The summed E-state index contributed by atoms with van der Waals surface area (Å²) in [5.74, 6) is 1.79. The monoisotopic (exact) mass is 267 g/mol. The number of hydrogen-bond acceptors (Lipinski definition) is 2. The number of ether oxygens (including phenoxy) is 1. The zero-order valence-corrected chi connectivity index (χ0v) is 12.2. The van der Waals surface area contributed by atoms with E-state index >= 15 is 0 Å². The molecular formula is C18H21NO. The Morgan fingerprint density at radius 2 is 1.55 bits per heavy atom. The number of aryl methyl sites for hydroxylation is 1. The van der Waals surface area contributed by atoms with E-state index in [0.717, 1.165) is 11.5 Å². The van der Waals surface area contributed by atoms with Crippen LogP contribution in [0, 0.1) is 6.92 Å². The van der Waals surface area contributed by atoms with E-state index in [0.29, 0.717) is 6.04 Å². The van der Waals surface area contributed by atoms with E-state index in [1.165, 1.54) is 30.5 Å². The van der Waals surface area contributed by atoms with Crippen molar-refractivity contribution < 1.29 is 4.74 Å². The van der Waals surface area contributed by atoms with Crippen LogP contribution in [0.3, 0.4) is 0 Å². The maximum atomic E-state index is 5.86. The summed E-state index contributed by atoms with van der Waals surface area (Å²) in [6.45, 7) is 3.28. The molecule has 0 N–H and O–H groups in total. The van der Waals surface area contributed by atoms with Crippen LogP contribution in [0.5, 0.6) is 11.5 Å². The summed E-state index contributed by atoms with van der Waals surface area (Å²) in [5.41, 5.74) is 2.64. The Morgan fingerprint density at radius 3 is 2.10 bits per heavy atom. The molecule has 1 aliphatic rings. The molecule has 2 aromatic rings. The number of hydrogen-bond donors (Lipinski definition) is 0. The molecule has 1 atom stereocenters. The van der Waals surface area contributed by atoms with Gasteiger partial charge in [0.15, 0.2) is 0 Å². The van der Waals surface area contributed by atoms with Gasteiger partial charge in [-0.1, -0.05) is 29.8 Å². The van der Waals surface area contributed by atoms with Crippen LogP contribution in [0.2, 0.25) is 0 Å². The van der Waals surface area contributed by atoms with Gasteiger partial charge in [-0.2, -0.15) is 0 Å². The van der Waals surface area contributed by atoms with Gasteiger partial charge in [0.2, 0.25) is 0 Å². The van der Waals surface area contributed by atoms with Gasteiger partial charge in [0.05, 0.1) is 0 Å². The van der Waals surface area contributed by atoms with Gasteiger partial charge in [-0.05, 0) is 63.2 Å². The molecule has 2 nitrogen and oxygen atoms in total. The maximum Gasteiger partial charge on any atom is 0.127 e. The predicted molar refractivity (Wildman–Crippen MR) is 82.3 cm³/mol. The second kappa shape index (κ2) is 5.68. The van der Waals surface area contributed by atoms with Crippen molar-refractivity contribution in [1.29, 1.82) is 0 Å². The lowest BCUT2D eigenvalue weighted by Crippen LogP contribution is -2.17. The Kier molecular flexibility index (Phi) is 3.75. The summed E-state index contributed by atoms with van der Waals surface area (Å²) >= 11 is 0. The van der Waals surface area contributed by atoms with E-state index in [-0.39, 0.29) is 0 Å². The molecule has 0 saturated carbocycles. The molecule has 1 fully saturated rings. The predicted octanol–water partition coefficient (Wildman–Crippen LogP) is 4.55. The molecule has 20 heavy (non-hydrogen) atoms. The summed E-state index contributed by atoms with van der Waals surface area (Å²) in [5, 5.41) is 0. The van der Waals surface area contributed by atoms with E-state index in [2.05, 4.69) is 55.3 Å². The first-order valence-corrected chi connectivity index (χ1v) is 7.27. The summed E-state index contributed by atoms with van der Waals surface area (Å²) in [6, 6.07) is 17.2. The highest BCUT2D eigenvalue weighted by molar-refractivity contribution is 5.35. The average molecular weight is 267 g/mol. The van der Waals surface area contributed by atoms with Crippen molar-refractivity contribution in [2.45, 2.75) is 25.8 Å². The van der Waals surface area contributed by atoms with Gasteiger partial charge >= 0.3 is 0 Å². The Labute approximate surface area is 121 Å². The lowest BCUT2D eigenvalue weighted by Gasteiger charge is -2.19. The van der Waals surface area contributed by atoms with Crippen LogP contribution in [0.4, 0.5) is 0 Å². The zero-order chi connectivity index (χ0) is 13.9. The first kappa shape index (κ1) is 13.2. The van der Waals surface area contributed by atoms with Crippen LogP contribution in [0.25, 0.3) is 0 Å². The fraction of sp³-hybridized carbons (Fsp3) is 0.333. The molecule has 1 heterocycles. The second-order valence-corrected chi connectivity index (χ2v) is 5.62. The van der Waals surface area contributed by atoms with E-state index in [9.17, 15) is 0 Å². The Balaban J connectivity index is 1.71. The number of likely N-dealkylation sites (tertiary alicyclic amines) is 1. The van der Waals surface area contributed by atoms with Gasteiger partial charge in [0, 0.05) is 6.04 Å². The third kappa shape index (κ3) is 2.86. The van der Waals surface area contributed by atoms with Crippen molar-refractivity contribution in [2.75, 3.05) is 13.6 Å². The van der Waals surface area contributed by atoms with Crippen molar-refractivity contribution in [3.05, 3.63) is 59.7 Å². The van der Waals surface area contributed by atoms with Crippen molar-refractivity contribution in [2.24, 2.45) is 0 Å². The van der Waals surface area contributed by atoms with Gasteiger partial charge in [0.25, 0.3) is 0 Å². The molecule has 0 amide bonds. The Morgan fingerprint density at radius 1 is 0.950 bits per heavy atom. The minimum Gasteiger partial charge on any atom is -0.457 e. The second-order valence-electron chi connectivity index (χ2n) is 5.62. The van der Waals surface area contributed by atoms with E-state index in [1.807, 2.05) is 12.1 Å². The third-order valence-electron chi connectivity index (χ3n) is 4.04. The molecule has 0 spiro atoms. The summed E-state index contributed by atoms with van der Waals surface area (Å²) in [7, 11) is 2.20. The minimum absolute atomic E-state index is 0.573.